The molecule has 0 saturated carbocycles. The molecule has 0 unspecified atom stereocenters. The number of carbonyl (C=O) groups excluding carboxylic acids is 1. The molecule has 0 N–H and O–H groups in total. The molecule has 0 aliphatic heterocycles. The number of thioether (sulfide) groups is 1. The van der Waals surface area contributed by atoms with Gasteiger partial charge >= 0.3 is 0 Å². The van der Waals surface area contributed by atoms with E-state index in [-0.39, 0.29) is 18.0 Å². The zero-order valence-electron chi connectivity index (χ0n) is 11.0. The van der Waals surface area contributed by atoms with Gasteiger partial charge < -0.3 is 0 Å². The van der Waals surface area contributed by atoms with E-state index < -0.39 is 0 Å². The second-order valence-electron chi connectivity index (χ2n) is 4.53. The van der Waals surface area contributed by atoms with Gasteiger partial charge in [0.2, 0.25) is 0 Å². The van der Waals surface area contributed by atoms with Crippen LogP contribution >= 0.6 is 27.7 Å². The molecule has 4 heteroatoms. The zero-order valence-corrected chi connectivity index (χ0v) is 13.4. The van der Waals surface area contributed by atoms with Gasteiger partial charge in [-0.25, -0.2) is 4.39 Å². The van der Waals surface area contributed by atoms with Crippen LogP contribution in [0.2, 0.25) is 0 Å². The summed E-state index contributed by atoms with van der Waals surface area (Å²) < 4.78 is 13.7. The van der Waals surface area contributed by atoms with Gasteiger partial charge in [0.25, 0.3) is 0 Å². The van der Waals surface area contributed by atoms with Gasteiger partial charge in [-0.05, 0) is 46.6 Å². The summed E-state index contributed by atoms with van der Waals surface area (Å²) in [5.74, 6) is 0.148. The molecule has 0 spiro atoms. The number of hydrogen-bond acceptors (Lipinski definition) is 2. The smallest absolute Gasteiger partial charge is 0.147 e. The van der Waals surface area contributed by atoms with E-state index in [0.717, 1.165) is 4.90 Å². The van der Waals surface area contributed by atoms with Crippen molar-refractivity contribution in [2.24, 2.45) is 0 Å². The van der Waals surface area contributed by atoms with Crippen molar-refractivity contribution >= 4 is 33.5 Å². The minimum absolute atomic E-state index is 0.0851. The highest BCUT2D eigenvalue weighted by Crippen LogP contribution is 2.23. The highest BCUT2D eigenvalue weighted by atomic mass is 79.9. The molecule has 0 aliphatic rings. The molecular weight excluding hydrogens is 339 g/mol. The Morgan fingerprint density at radius 1 is 1.20 bits per heavy atom. The first-order valence-corrected chi connectivity index (χ1v) is 7.98. The molecule has 20 heavy (non-hydrogen) atoms. The number of rotatable bonds is 5. The average molecular weight is 353 g/mol. The lowest BCUT2D eigenvalue weighted by atomic mass is 10.1. The summed E-state index contributed by atoms with van der Waals surface area (Å²) >= 11 is 4.69. The first-order chi connectivity index (χ1) is 9.56. The highest BCUT2D eigenvalue weighted by molar-refractivity contribution is 9.10. The van der Waals surface area contributed by atoms with E-state index in [1.165, 1.54) is 23.4 Å². The molecule has 0 aromatic heterocycles. The molecule has 2 aromatic rings. The molecule has 0 aliphatic carbocycles. The minimum Gasteiger partial charge on any atom is -0.298 e. The molecule has 104 valence electrons. The van der Waals surface area contributed by atoms with Crippen LogP contribution in [-0.4, -0.2) is 11.5 Å². The summed E-state index contributed by atoms with van der Waals surface area (Å²) in [4.78, 5) is 13.0. The maximum Gasteiger partial charge on any atom is 0.147 e. The predicted octanol–water partition coefficient (Wildman–Crippen LogP) is 4.80. The Kier molecular flexibility index (Phi) is 5.38. The van der Waals surface area contributed by atoms with Crippen molar-refractivity contribution in [2.45, 2.75) is 18.2 Å². The Labute approximate surface area is 130 Å². The van der Waals surface area contributed by atoms with E-state index >= 15 is 0 Å². The monoisotopic (exact) mass is 352 g/mol. The molecule has 0 amide bonds. The molecule has 0 fully saturated rings. The van der Waals surface area contributed by atoms with Crippen molar-refractivity contribution in [2.75, 3.05) is 5.75 Å². The second kappa shape index (κ2) is 7.04. The van der Waals surface area contributed by atoms with Crippen molar-refractivity contribution in [3.05, 3.63) is 63.9 Å². The SMILES string of the molecule is Cc1ccc(SCC(=O)Cc2cccc(F)c2Br)cc1. The van der Waals surface area contributed by atoms with E-state index in [9.17, 15) is 9.18 Å². The predicted molar refractivity (Wildman–Crippen MR) is 84.7 cm³/mol. The first-order valence-electron chi connectivity index (χ1n) is 6.20. The Balaban J connectivity index is 1.92. The summed E-state index contributed by atoms with van der Waals surface area (Å²) in [7, 11) is 0. The number of hydrogen-bond donors (Lipinski definition) is 0. The van der Waals surface area contributed by atoms with Crippen molar-refractivity contribution in [3.63, 3.8) is 0 Å². The Bertz CT molecular complexity index is 610. The van der Waals surface area contributed by atoms with E-state index in [4.69, 9.17) is 0 Å². The highest BCUT2D eigenvalue weighted by Gasteiger charge is 2.10. The van der Waals surface area contributed by atoms with Gasteiger partial charge in [-0.2, -0.15) is 0 Å². The summed E-state index contributed by atoms with van der Waals surface area (Å²) in [6, 6.07) is 12.8. The van der Waals surface area contributed by atoms with Crippen LogP contribution in [0, 0.1) is 12.7 Å². The third-order valence-corrected chi connectivity index (χ3v) is 4.80. The second-order valence-corrected chi connectivity index (χ2v) is 6.37. The van der Waals surface area contributed by atoms with Crippen molar-refractivity contribution in [1.82, 2.24) is 0 Å². The number of ketones is 1. The largest absolute Gasteiger partial charge is 0.298 e. The zero-order chi connectivity index (χ0) is 14.5. The van der Waals surface area contributed by atoms with E-state index in [1.54, 1.807) is 12.1 Å². The summed E-state index contributed by atoms with van der Waals surface area (Å²) in [5.41, 5.74) is 1.89. The number of benzene rings is 2. The lowest BCUT2D eigenvalue weighted by molar-refractivity contribution is -0.116. The van der Waals surface area contributed by atoms with Crippen molar-refractivity contribution in [1.29, 1.82) is 0 Å². The Morgan fingerprint density at radius 2 is 1.90 bits per heavy atom. The maximum absolute atomic E-state index is 13.4. The minimum atomic E-state index is -0.332. The fourth-order valence-corrected chi connectivity index (χ4v) is 2.91. The third kappa shape index (κ3) is 4.18. The van der Waals surface area contributed by atoms with Crippen LogP contribution in [-0.2, 0) is 11.2 Å². The van der Waals surface area contributed by atoms with Gasteiger partial charge in [-0.15, -0.1) is 11.8 Å². The van der Waals surface area contributed by atoms with Gasteiger partial charge in [0.15, 0.2) is 0 Å². The van der Waals surface area contributed by atoms with Crippen LogP contribution in [0.25, 0.3) is 0 Å². The molecule has 1 nitrogen and oxygen atoms in total. The number of carbonyl (C=O) groups is 1. The Morgan fingerprint density at radius 3 is 2.60 bits per heavy atom. The summed E-state index contributed by atoms with van der Waals surface area (Å²) in [5, 5.41) is 0. The molecular formula is C16H14BrFOS. The standard InChI is InChI=1S/C16H14BrFOS/c1-11-5-7-14(8-6-11)20-10-13(19)9-12-3-2-4-15(18)16(12)17/h2-8H,9-10H2,1H3. The van der Waals surface area contributed by atoms with Crippen LogP contribution in [0.4, 0.5) is 4.39 Å². The van der Waals surface area contributed by atoms with E-state index in [2.05, 4.69) is 15.9 Å². The van der Waals surface area contributed by atoms with Crippen LogP contribution < -0.4 is 0 Å². The van der Waals surface area contributed by atoms with Crippen LogP contribution in [0.15, 0.2) is 51.8 Å². The lowest BCUT2D eigenvalue weighted by Crippen LogP contribution is -2.06. The van der Waals surface area contributed by atoms with E-state index in [1.807, 2.05) is 31.2 Å². The maximum atomic E-state index is 13.4. The lowest BCUT2D eigenvalue weighted by Gasteiger charge is -2.05. The third-order valence-electron chi connectivity index (χ3n) is 2.84. The molecule has 0 radical (unpaired) electrons. The van der Waals surface area contributed by atoms with Gasteiger partial charge in [-0.1, -0.05) is 29.8 Å². The van der Waals surface area contributed by atoms with Crippen molar-refractivity contribution in [3.8, 4) is 0 Å². The summed E-state index contributed by atoms with van der Waals surface area (Å²) in [6.45, 7) is 2.03. The molecule has 0 atom stereocenters. The average Bonchev–Trinajstić information content (AvgIpc) is 2.43. The van der Waals surface area contributed by atoms with Gasteiger partial charge in [-0.3, -0.25) is 4.79 Å². The fraction of sp³-hybridized carbons (Fsp3) is 0.188. The van der Waals surface area contributed by atoms with Crippen molar-refractivity contribution < 1.29 is 9.18 Å². The van der Waals surface area contributed by atoms with Crippen LogP contribution in [0.5, 0.6) is 0 Å². The molecule has 0 heterocycles. The number of aryl methyl sites for hydroxylation is 1. The van der Waals surface area contributed by atoms with Crippen LogP contribution in [0.3, 0.4) is 0 Å². The fourth-order valence-electron chi connectivity index (χ4n) is 1.75. The first kappa shape index (κ1) is 15.3. The molecule has 2 aromatic carbocycles. The quantitative estimate of drug-likeness (QED) is 0.719. The molecule has 0 bridgehead atoms. The van der Waals surface area contributed by atoms with Gasteiger partial charge in [0.1, 0.15) is 11.6 Å². The molecule has 2 rings (SSSR count). The normalized spacial score (nSPS) is 10.6. The van der Waals surface area contributed by atoms with E-state index in [0.29, 0.717) is 15.8 Å². The molecule has 0 saturated heterocycles. The van der Waals surface area contributed by atoms with Gasteiger partial charge in [0.05, 0.1) is 10.2 Å². The topological polar surface area (TPSA) is 17.1 Å². The number of halogens is 2. The summed E-state index contributed by atoms with van der Waals surface area (Å²) in [6.07, 6.45) is 0.247. The Hall–Kier alpha value is -1.13. The van der Waals surface area contributed by atoms with Crippen LogP contribution in [0.1, 0.15) is 11.1 Å². The number of Topliss-reactive ketones (excluding diaryl/α,β-unsaturated/α-hetero) is 1. The van der Waals surface area contributed by atoms with Gasteiger partial charge in [0, 0.05) is 11.3 Å².